The summed E-state index contributed by atoms with van der Waals surface area (Å²) in [6.45, 7) is 6.51. The summed E-state index contributed by atoms with van der Waals surface area (Å²) >= 11 is 1.45. The van der Waals surface area contributed by atoms with Crippen LogP contribution >= 0.6 is 11.8 Å². The fourth-order valence-electron chi connectivity index (χ4n) is 3.71. The SMILES string of the molecule is CC[C@@H](C)NC(=O)c1ccc2c(c1)N(Cc1cccc(C)c1)C(=O)/C(=C/c1ccccc1)S2. The van der Waals surface area contributed by atoms with Crippen LogP contribution in [0.3, 0.4) is 0 Å². The van der Waals surface area contributed by atoms with Gasteiger partial charge in [-0.1, -0.05) is 78.8 Å². The number of aryl methyl sites for hydroxylation is 1. The Bertz CT molecular complexity index is 1200. The van der Waals surface area contributed by atoms with Crippen molar-refractivity contribution in [3.05, 3.63) is 100.0 Å². The van der Waals surface area contributed by atoms with Crippen molar-refractivity contribution in [3.8, 4) is 0 Å². The number of benzene rings is 3. The van der Waals surface area contributed by atoms with Gasteiger partial charge in [0.15, 0.2) is 0 Å². The predicted molar refractivity (Wildman–Crippen MR) is 136 cm³/mol. The second-order valence-corrected chi connectivity index (χ2v) is 9.45. The number of amides is 2. The number of carbonyl (C=O) groups excluding carboxylic acids is 2. The molecule has 1 aliphatic rings. The molecule has 0 saturated carbocycles. The molecule has 1 aliphatic heterocycles. The van der Waals surface area contributed by atoms with E-state index < -0.39 is 0 Å². The molecule has 4 rings (SSSR count). The highest BCUT2D eigenvalue weighted by atomic mass is 32.2. The monoisotopic (exact) mass is 456 g/mol. The van der Waals surface area contributed by atoms with Gasteiger partial charge in [-0.2, -0.15) is 0 Å². The Morgan fingerprint density at radius 1 is 1.06 bits per heavy atom. The van der Waals surface area contributed by atoms with Gasteiger partial charge in [-0.3, -0.25) is 9.59 Å². The largest absolute Gasteiger partial charge is 0.350 e. The molecule has 4 nitrogen and oxygen atoms in total. The maximum Gasteiger partial charge on any atom is 0.265 e. The van der Waals surface area contributed by atoms with Crippen LogP contribution in [0, 0.1) is 6.92 Å². The van der Waals surface area contributed by atoms with E-state index in [4.69, 9.17) is 0 Å². The van der Waals surface area contributed by atoms with Gasteiger partial charge in [0.2, 0.25) is 0 Å². The normalized spacial score (nSPS) is 15.3. The zero-order valence-corrected chi connectivity index (χ0v) is 20.0. The molecule has 0 bridgehead atoms. The van der Waals surface area contributed by atoms with Gasteiger partial charge < -0.3 is 10.2 Å². The number of anilines is 1. The van der Waals surface area contributed by atoms with Crippen LogP contribution in [0.15, 0.2) is 82.6 Å². The van der Waals surface area contributed by atoms with Crippen molar-refractivity contribution >= 4 is 35.3 Å². The maximum absolute atomic E-state index is 13.6. The molecule has 33 heavy (non-hydrogen) atoms. The second kappa shape index (κ2) is 10.1. The van der Waals surface area contributed by atoms with Crippen LogP contribution < -0.4 is 10.2 Å². The summed E-state index contributed by atoms with van der Waals surface area (Å²) in [5.41, 5.74) is 4.51. The number of carbonyl (C=O) groups is 2. The summed E-state index contributed by atoms with van der Waals surface area (Å²) in [6, 6.07) is 23.8. The molecular weight excluding hydrogens is 428 g/mol. The molecule has 3 aromatic carbocycles. The molecule has 168 valence electrons. The molecule has 1 N–H and O–H groups in total. The lowest BCUT2D eigenvalue weighted by Gasteiger charge is -2.31. The van der Waals surface area contributed by atoms with Crippen molar-refractivity contribution in [2.45, 2.75) is 44.7 Å². The van der Waals surface area contributed by atoms with Crippen LogP contribution in [0.5, 0.6) is 0 Å². The van der Waals surface area contributed by atoms with E-state index in [0.29, 0.717) is 17.0 Å². The number of rotatable bonds is 6. The number of nitrogens with zero attached hydrogens (tertiary/aromatic N) is 1. The van der Waals surface area contributed by atoms with Gasteiger partial charge in [-0.15, -0.1) is 0 Å². The third-order valence-corrected chi connectivity index (χ3v) is 6.78. The fraction of sp³-hybridized carbons (Fsp3) is 0.214. The third kappa shape index (κ3) is 5.37. The van der Waals surface area contributed by atoms with E-state index in [0.717, 1.165) is 33.7 Å². The molecular formula is C28H28N2O2S. The van der Waals surface area contributed by atoms with Gasteiger partial charge in [-0.05, 0) is 55.7 Å². The maximum atomic E-state index is 13.6. The Morgan fingerprint density at radius 2 is 1.85 bits per heavy atom. The van der Waals surface area contributed by atoms with Crippen molar-refractivity contribution in [1.29, 1.82) is 0 Å². The fourth-order valence-corrected chi connectivity index (χ4v) is 4.75. The van der Waals surface area contributed by atoms with Gasteiger partial charge in [0.1, 0.15) is 0 Å². The molecule has 0 fully saturated rings. The van der Waals surface area contributed by atoms with Crippen LogP contribution in [-0.4, -0.2) is 17.9 Å². The van der Waals surface area contributed by atoms with E-state index in [-0.39, 0.29) is 17.9 Å². The van der Waals surface area contributed by atoms with Gasteiger partial charge in [-0.25, -0.2) is 0 Å². The molecule has 0 radical (unpaired) electrons. The lowest BCUT2D eigenvalue weighted by molar-refractivity contribution is -0.114. The number of fused-ring (bicyclic) bond motifs is 1. The zero-order chi connectivity index (χ0) is 23.4. The van der Waals surface area contributed by atoms with Crippen LogP contribution in [-0.2, 0) is 11.3 Å². The van der Waals surface area contributed by atoms with Gasteiger partial charge >= 0.3 is 0 Å². The highest BCUT2D eigenvalue weighted by Crippen LogP contribution is 2.43. The first-order valence-electron chi connectivity index (χ1n) is 11.2. The first-order chi connectivity index (χ1) is 15.9. The summed E-state index contributed by atoms with van der Waals surface area (Å²) in [6.07, 6.45) is 2.79. The van der Waals surface area contributed by atoms with Crippen molar-refractivity contribution in [2.75, 3.05) is 4.90 Å². The predicted octanol–water partition coefficient (Wildman–Crippen LogP) is 6.20. The average molecular weight is 457 g/mol. The number of thioether (sulfide) groups is 1. The van der Waals surface area contributed by atoms with Crippen LogP contribution in [0.1, 0.15) is 47.3 Å². The molecule has 1 heterocycles. The topological polar surface area (TPSA) is 49.4 Å². The molecule has 3 aromatic rings. The molecule has 0 saturated heterocycles. The quantitative estimate of drug-likeness (QED) is 0.449. The zero-order valence-electron chi connectivity index (χ0n) is 19.2. The van der Waals surface area contributed by atoms with Crippen LogP contribution in [0.4, 0.5) is 5.69 Å². The molecule has 0 aliphatic carbocycles. The highest BCUT2D eigenvalue weighted by molar-refractivity contribution is 8.04. The number of hydrogen-bond acceptors (Lipinski definition) is 3. The number of hydrogen-bond donors (Lipinski definition) is 1. The molecule has 0 spiro atoms. The Kier molecular flexibility index (Phi) is 6.99. The lowest BCUT2D eigenvalue weighted by atomic mass is 10.1. The van der Waals surface area contributed by atoms with Crippen LogP contribution in [0.2, 0.25) is 0 Å². The molecule has 2 amide bonds. The number of nitrogens with one attached hydrogen (secondary N) is 1. The lowest BCUT2D eigenvalue weighted by Crippen LogP contribution is -2.35. The van der Waals surface area contributed by atoms with E-state index in [9.17, 15) is 9.59 Å². The second-order valence-electron chi connectivity index (χ2n) is 8.37. The molecule has 1 atom stereocenters. The molecule has 0 unspecified atom stereocenters. The van der Waals surface area contributed by atoms with E-state index in [2.05, 4.69) is 11.4 Å². The molecule has 5 heteroatoms. The third-order valence-electron chi connectivity index (χ3n) is 5.70. The van der Waals surface area contributed by atoms with Gasteiger partial charge in [0.25, 0.3) is 11.8 Å². The Hall–Kier alpha value is -3.31. The van der Waals surface area contributed by atoms with Crippen molar-refractivity contribution < 1.29 is 9.59 Å². The molecule has 0 aromatic heterocycles. The Morgan fingerprint density at radius 3 is 2.58 bits per heavy atom. The summed E-state index contributed by atoms with van der Waals surface area (Å²) in [5, 5.41) is 3.02. The summed E-state index contributed by atoms with van der Waals surface area (Å²) in [5.74, 6) is -0.178. The Labute approximate surface area is 199 Å². The highest BCUT2D eigenvalue weighted by Gasteiger charge is 2.30. The van der Waals surface area contributed by atoms with Crippen molar-refractivity contribution in [1.82, 2.24) is 5.32 Å². The average Bonchev–Trinajstić information content (AvgIpc) is 2.82. The minimum absolute atomic E-state index is 0.0580. The minimum Gasteiger partial charge on any atom is -0.350 e. The summed E-state index contributed by atoms with van der Waals surface area (Å²) in [7, 11) is 0. The minimum atomic E-state index is -0.120. The van der Waals surface area contributed by atoms with E-state index in [1.54, 1.807) is 4.90 Å². The smallest absolute Gasteiger partial charge is 0.265 e. The van der Waals surface area contributed by atoms with E-state index in [1.165, 1.54) is 11.8 Å². The first-order valence-corrected chi connectivity index (χ1v) is 12.0. The standard InChI is InChI=1S/C28H28N2O2S/c1-4-20(3)29-27(31)23-13-14-25-24(17-23)30(18-22-12-8-9-19(2)15-22)28(32)26(33-25)16-21-10-6-5-7-11-21/h5-17,20H,4,18H2,1-3H3,(H,29,31)/b26-16-/t20-/m1/s1. The van der Waals surface area contributed by atoms with Crippen LogP contribution in [0.25, 0.3) is 6.08 Å². The summed E-state index contributed by atoms with van der Waals surface area (Å²) in [4.78, 5) is 29.8. The van der Waals surface area contributed by atoms with Crippen molar-refractivity contribution in [3.63, 3.8) is 0 Å². The first kappa shape index (κ1) is 22.9. The van der Waals surface area contributed by atoms with Gasteiger partial charge in [0.05, 0.1) is 17.1 Å². The van der Waals surface area contributed by atoms with E-state index in [1.807, 2.05) is 93.6 Å². The van der Waals surface area contributed by atoms with Crippen molar-refractivity contribution in [2.24, 2.45) is 0 Å². The van der Waals surface area contributed by atoms with Gasteiger partial charge in [0, 0.05) is 16.5 Å². The van der Waals surface area contributed by atoms with E-state index >= 15 is 0 Å². The summed E-state index contributed by atoms with van der Waals surface area (Å²) < 4.78 is 0. The Balaban J connectivity index is 1.74.